The molecule has 0 aromatic heterocycles. The molecule has 0 aromatic carbocycles. The van der Waals surface area contributed by atoms with Gasteiger partial charge in [-0.1, -0.05) is 0 Å². The Morgan fingerprint density at radius 2 is 2.13 bits per heavy atom. The van der Waals surface area contributed by atoms with Gasteiger partial charge in [-0.3, -0.25) is 4.79 Å². The summed E-state index contributed by atoms with van der Waals surface area (Å²) in [5.74, 6) is -1.24. The normalized spacial score (nSPS) is 31.8. The van der Waals surface area contributed by atoms with Crippen LogP contribution in [0.2, 0.25) is 0 Å². The Bertz CT molecular complexity index is 256. The van der Waals surface area contributed by atoms with Crippen LogP contribution in [0.25, 0.3) is 0 Å². The zero-order valence-corrected chi connectivity index (χ0v) is 7.77. The molecule has 1 aliphatic rings. The van der Waals surface area contributed by atoms with Gasteiger partial charge in [0.25, 0.3) is 5.91 Å². The Kier molecular flexibility index (Phi) is 3.22. The predicted octanol–water partition coefficient (Wildman–Crippen LogP) is 0.918. The Labute approximate surface area is 83.5 Å². The van der Waals surface area contributed by atoms with E-state index in [1.165, 1.54) is 0 Å². The van der Waals surface area contributed by atoms with E-state index in [0.717, 1.165) is 0 Å². The van der Waals surface area contributed by atoms with E-state index in [1.807, 2.05) is 0 Å². The maximum absolute atomic E-state index is 13.6. The zero-order valence-electron chi connectivity index (χ0n) is 7.77. The van der Waals surface area contributed by atoms with Gasteiger partial charge in [-0.15, -0.1) is 0 Å². The van der Waals surface area contributed by atoms with Crippen molar-refractivity contribution >= 4 is 5.91 Å². The van der Waals surface area contributed by atoms with Crippen molar-refractivity contribution < 1.29 is 27.5 Å². The molecule has 1 amide bonds. The minimum atomic E-state index is -4.71. The Balaban J connectivity index is 2.65. The van der Waals surface area contributed by atoms with Gasteiger partial charge in [0.2, 0.25) is 0 Å². The SMILES string of the molecule is O=C1N[C@H](CCO)CC1(F)CC(F)(F)F. The van der Waals surface area contributed by atoms with Gasteiger partial charge in [-0.05, 0) is 6.42 Å². The molecule has 1 unspecified atom stereocenters. The Hall–Kier alpha value is -0.850. The average molecular weight is 229 g/mol. The lowest BCUT2D eigenvalue weighted by Crippen LogP contribution is -2.38. The highest BCUT2D eigenvalue weighted by Crippen LogP contribution is 2.37. The van der Waals surface area contributed by atoms with Crippen LogP contribution in [-0.2, 0) is 4.79 Å². The van der Waals surface area contributed by atoms with Gasteiger partial charge in [-0.2, -0.15) is 13.2 Å². The van der Waals surface area contributed by atoms with Crippen molar-refractivity contribution in [2.45, 2.75) is 37.1 Å². The van der Waals surface area contributed by atoms with Crippen molar-refractivity contribution in [2.24, 2.45) is 0 Å². The number of carbonyl (C=O) groups is 1. The van der Waals surface area contributed by atoms with Gasteiger partial charge in [0.15, 0.2) is 5.67 Å². The van der Waals surface area contributed by atoms with Gasteiger partial charge in [0.05, 0.1) is 6.42 Å². The zero-order chi connectivity index (χ0) is 11.7. The molecule has 0 radical (unpaired) electrons. The summed E-state index contributed by atoms with van der Waals surface area (Å²) >= 11 is 0. The molecule has 2 atom stereocenters. The topological polar surface area (TPSA) is 49.3 Å². The van der Waals surface area contributed by atoms with Crippen LogP contribution >= 0.6 is 0 Å². The molecule has 0 bridgehead atoms. The number of alkyl halides is 4. The van der Waals surface area contributed by atoms with Gasteiger partial charge in [-0.25, -0.2) is 4.39 Å². The lowest BCUT2D eigenvalue weighted by Gasteiger charge is -2.17. The molecule has 1 heterocycles. The van der Waals surface area contributed by atoms with E-state index in [9.17, 15) is 22.4 Å². The van der Waals surface area contributed by atoms with E-state index in [4.69, 9.17) is 5.11 Å². The third-order valence-corrected chi connectivity index (χ3v) is 2.27. The number of hydrogen-bond acceptors (Lipinski definition) is 2. The van der Waals surface area contributed by atoms with E-state index in [1.54, 1.807) is 0 Å². The molecular weight excluding hydrogens is 218 g/mol. The van der Waals surface area contributed by atoms with Gasteiger partial charge >= 0.3 is 6.18 Å². The van der Waals surface area contributed by atoms with E-state index >= 15 is 0 Å². The number of carbonyl (C=O) groups excluding carboxylic acids is 1. The van der Waals surface area contributed by atoms with E-state index in [-0.39, 0.29) is 13.0 Å². The van der Waals surface area contributed by atoms with Crippen LogP contribution in [-0.4, -0.2) is 35.5 Å². The number of nitrogens with one attached hydrogen (secondary N) is 1. The minimum absolute atomic E-state index is 0.0647. The highest BCUT2D eigenvalue weighted by atomic mass is 19.4. The lowest BCUT2D eigenvalue weighted by atomic mass is 9.96. The highest BCUT2D eigenvalue weighted by Gasteiger charge is 2.53. The maximum Gasteiger partial charge on any atom is 0.392 e. The number of rotatable bonds is 3. The van der Waals surface area contributed by atoms with E-state index < -0.39 is 36.6 Å². The van der Waals surface area contributed by atoms with Crippen LogP contribution in [0.5, 0.6) is 0 Å². The molecule has 0 saturated carbocycles. The second-order valence-corrected chi connectivity index (χ2v) is 3.64. The molecule has 1 rings (SSSR count). The first-order valence-electron chi connectivity index (χ1n) is 4.44. The van der Waals surface area contributed by atoms with Crippen molar-refractivity contribution in [3.8, 4) is 0 Å². The summed E-state index contributed by atoms with van der Waals surface area (Å²) in [5.41, 5.74) is -2.88. The molecule has 0 aliphatic carbocycles. The largest absolute Gasteiger partial charge is 0.396 e. The van der Waals surface area contributed by atoms with Crippen LogP contribution < -0.4 is 5.32 Å². The van der Waals surface area contributed by atoms with Gasteiger partial charge < -0.3 is 10.4 Å². The molecule has 1 aliphatic heterocycles. The molecule has 0 aromatic rings. The van der Waals surface area contributed by atoms with Crippen LogP contribution in [0.4, 0.5) is 17.6 Å². The van der Waals surface area contributed by atoms with E-state index in [2.05, 4.69) is 5.32 Å². The molecule has 7 heteroatoms. The number of amides is 1. The number of aliphatic hydroxyl groups excluding tert-OH is 1. The smallest absolute Gasteiger partial charge is 0.392 e. The quantitative estimate of drug-likeness (QED) is 0.707. The lowest BCUT2D eigenvalue weighted by molar-refractivity contribution is -0.168. The van der Waals surface area contributed by atoms with Crippen LogP contribution in [0.3, 0.4) is 0 Å². The summed E-state index contributed by atoms with van der Waals surface area (Å²) in [6.45, 7) is -0.299. The first kappa shape index (κ1) is 12.2. The first-order chi connectivity index (χ1) is 6.77. The summed E-state index contributed by atoms with van der Waals surface area (Å²) in [6.07, 6.45) is -6.95. The van der Waals surface area contributed by atoms with Crippen molar-refractivity contribution in [3.63, 3.8) is 0 Å². The van der Waals surface area contributed by atoms with Gasteiger partial charge in [0, 0.05) is 19.1 Å². The summed E-state index contributed by atoms with van der Waals surface area (Å²) in [5, 5.41) is 10.6. The first-order valence-corrected chi connectivity index (χ1v) is 4.44. The highest BCUT2D eigenvalue weighted by molar-refractivity contribution is 5.87. The fraction of sp³-hybridized carbons (Fsp3) is 0.875. The third kappa shape index (κ3) is 3.05. The van der Waals surface area contributed by atoms with Crippen molar-refractivity contribution in [2.75, 3.05) is 6.61 Å². The Morgan fingerprint density at radius 1 is 1.53 bits per heavy atom. The van der Waals surface area contributed by atoms with Crippen molar-refractivity contribution in [1.82, 2.24) is 5.32 Å². The Morgan fingerprint density at radius 3 is 2.60 bits per heavy atom. The molecule has 3 nitrogen and oxygen atoms in total. The second kappa shape index (κ2) is 3.96. The average Bonchev–Trinajstić information content (AvgIpc) is 2.23. The minimum Gasteiger partial charge on any atom is -0.396 e. The van der Waals surface area contributed by atoms with Crippen molar-refractivity contribution in [1.29, 1.82) is 0 Å². The van der Waals surface area contributed by atoms with Crippen LogP contribution in [0.1, 0.15) is 19.3 Å². The van der Waals surface area contributed by atoms with Crippen LogP contribution in [0.15, 0.2) is 0 Å². The molecule has 1 fully saturated rings. The number of halogens is 4. The molecule has 0 spiro atoms. The third-order valence-electron chi connectivity index (χ3n) is 2.27. The molecule has 2 N–H and O–H groups in total. The molecular formula is C8H11F4NO2. The van der Waals surface area contributed by atoms with Gasteiger partial charge in [0.1, 0.15) is 0 Å². The fourth-order valence-corrected chi connectivity index (χ4v) is 1.65. The standard InChI is InChI=1S/C8H11F4NO2/c9-7(4-8(10,11)12)3-5(1-2-14)13-6(7)15/h5,14H,1-4H2,(H,13,15)/t5-,7?/m1/s1. The summed E-state index contributed by atoms with van der Waals surface area (Å²) < 4.78 is 49.5. The van der Waals surface area contributed by atoms with Crippen LogP contribution in [0, 0.1) is 0 Å². The predicted molar refractivity (Wildman–Crippen MR) is 42.8 cm³/mol. The second-order valence-electron chi connectivity index (χ2n) is 3.64. The summed E-state index contributed by atoms with van der Waals surface area (Å²) in [7, 11) is 0. The van der Waals surface area contributed by atoms with E-state index in [0.29, 0.717) is 0 Å². The molecule has 1 saturated heterocycles. The maximum atomic E-state index is 13.6. The molecule has 15 heavy (non-hydrogen) atoms. The number of aliphatic hydroxyl groups is 1. The molecule has 88 valence electrons. The van der Waals surface area contributed by atoms with Crippen molar-refractivity contribution in [3.05, 3.63) is 0 Å². The summed E-state index contributed by atoms with van der Waals surface area (Å²) in [6, 6.07) is -0.713. The number of hydrogen-bond donors (Lipinski definition) is 2. The monoisotopic (exact) mass is 229 g/mol. The summed E-state index contributed by atoms with van der Waals surface area (Å²) in [4.78, 5) is 11.0. The fourth-order valence-electron chi connectivity index (χ4n) is 1.65.